The van der Waals surface area contributed by atoms with Gasteiger partial charge in [-0.05, 0) is 0 Å². The number of aromatic amines is 2. The van der Waals surface area contributed by atoms with Gasteiger partial charge in [0.15, 0.2) is 41.4 Å². The lowest BCUT2D eigenvalue weighted by Gasteiger charge is -2.25. The van der Waals surface area contributed by atoms with E-state index in [2.05, 4.69) is 54.8 Å². The molecule has 22 nitrogen and oxygen atoms in total. The van der Waals surface area contributed by atoms with Crippen molar-refractivity contribution in [2.45, 2.75) is 48.1 Å². The number of anilines is 2. The number of aliphatic hydroxyl groups is 1. The molecule has 4 fully saturated rings. The Balaban J connectivity index is 1.17. The van der Waals surface area contributed by atoms with Crippen LogP contribution in [-0.4, -0.2) is 105 Å². The van der Waals surface area contributed by atoms with Gasteiger partial charge in [0, 0.05) is 0 Å². The van der Waals surface area contributed by atoms with Crippen LogP contribution in [0.5, 0.6) is 0 Å². The molecule has 0 spiro atoms. The first-order valence-corrected chi connectivity index (χ1v) is 17.1. The molecule has 0 radical (unpaired) electrons. The van der Waals surface area contributed by atoms with Crippen LogP contribution in [0.2, 0.25) is 0 Å². The number of aliphatic hydroxyl groups excluding tert-OH is 1. The molecule has 3 saturated heterocycles. The zero-order valence-corrected chi connectivity index (χ0v) is 26.5. The Morgan fingerprint density at radius 2 is 1.56 bits per heavy atom. The van der Waals surface area contributed by atoms with E-state index in [9.17, 15) is 28.8 Å². The van der Waals surface area contributed by atoms with E-state index < -0.39 is 97.0 Å². The van der Waals surface area contributed by atoms with Crippen molar-refractivity contribution in [3.8, 4) is 0 Å². The fraction of sp³-hybridized carbons (Fsp3) is 0.478. The van der Waals surface area contributed by atoms with Crippen LogP contribution in [0.3, 0.4) is 0 Å². The number of aromatic nitrogens is 8. The number of nitrogen functional groups attached to an aromatic ring is 2. The Morgan fingerprint density at radius 1 is 0.958 bits per heavy atom. The van der Waals surface area contributed by atoms with Crippen molar-refractivity contribution in [3.63, 3.8) is 0 Å². The molecule has 7 heterocycles. The second-order valence-corrected chi connectivity index (χ2v) is 14.7. The largest absolute Gasteiger partial charge is 0.396 e. The molecule has 25 heteroatoms. The summed E-state index contributed by atoms with van der Waals surface area (Å²) in [6.45, 7) is -5.82. The van der Waals surface area contributed by atoms with Crippen LogP contribution in [-0.2, 0) is 42.1 Å². The predicted molar refractivity (Wildman–Crippen MR) is 162 cm³/mol. The topological polar surface area (TPSA) is 306 Å². The molecule has 5 unspecified atom stereocenters. The SMILES string of the molecule is Nc1ncnc2c1[nH]c(=O)n2[C@@H]1O[C@@H]2OC3(S)C(=O)C3O[C@H]3C(CO)[C@H](n4c(=O)[nH]c5c(N)ncnc54)O[C@@H]3COP(=O)(S)OC1C2=O. The number of nitrogens with zero attached hydrogens (tertiary/aromatic N) is 6. The Hall–Kier alpha value is -3.71. The molecule has 3 aliphatic heterocycles. The highest BCUT2D eigenvalue weighted by Crippen LogP contribution is 2.58. The molecule has 4 aliphatic rings. The second-order valence-electron chi connectivity index (χ2n) is 11.1. The minimum absolute atomic E-state index is 0.0127. The van der Waals surface area contributed by atoms with Crippen molar-refractivity contribution in [1.29, 1.82) is 0 Å². The van der Waals surface area contributed by atoms with E-state index in [1.165, 1.54) is 0 Å². The minimum Gasteiger partial charge on any atom is -0.396 e. The quantitative estimate of drug-likeness (QED) is 0.0868. The summed E-state index contributed by atoms with van der Waals surface area (Å²) in [6, 6.07) is 0. The van der Waals surface area contributed by atoms with Gasteiger partial charge in [-0.15, -0.1) is 12.6 Å². The Morgan fingerprint density at radius 3 is 2.17 bits per heavy atom. The Bertz CT molecular complexity index is 2190. The van der Waals surface area contributed by atoms with Crippen molar-refractivity contribution < 1.29 is 47.3 Å². The number of imidazole rings is 2. The van der Waals surface area contributed by atoms with Crippen LogP contribution < -0.4 is 22.8 Å². The zero-order valence-electron chi connectivity index (χ0n) is 23.8. The molecular weight excluding hydrogens is 703 g/mol. The van der Waals surface area contributed by atoms with Gasteiger partial charge in [-0.3, -0.25) is 18.6 Å². The van der Waals surface area contributed by atoms with Crippen LogP contribution in [0.1, 0.15) is 12.5 Å². The number of carbonyl (C=O) groups is 2. The summed E-state index contributed by atoms with van der Waals surface area (Å²) in [6.07, 6.45) is -8.49. The average molecular weight is 727 g/mol. The van der Waals surface area contributed by atoms with Gasteiger partial charge in [0.2, 0.25) is 22.8 Å². The molecule has 2 bridgehead atoms. The highest BCUT2D eigenvalue weighted by atomic mass is 32.7. The Labute approximate surface area is 275 Å². The number of hydrogen-bond acceptors (Lipinski definition) is 19. The molecule has 0 aromatic carbocycles. The highest BCUT2D eigenvalue weighted by molar-refractivity contribution is 8.44. The number of fused-ring (bicyclic) bond motifs is 6. The summed E-state index contributed by atoms with van der Waals surface area (Å²) in [5.41, 5.74) is 10.2. The van der Waals surface area contributed by atoms with E-state index >= 15 is 0 Å². The van der Waals surface area contributed by atoms with Crippen molar-refractivity contribution in [3.05, 3.63) is 33.6 Å². The molecule has 4 aromatic heterocycles. The van der Waals surface area contributed by atoms with Gasteiger partial charge >= 0.3 is 18.2 Å². The number of H-pyrrole nitrogens is 2. The monoisotopic (exact) mass is 726 g/mol. The third kappa shape index (κ3) is 4.67. The van der Waals surface area contributed by atoms with E-state index in [1.54, 1.807) is 0 Å². The number of carbonyl (C=O) groups excluding carboxylic acids is 2. The van der Waals surface area contributed by atoms with Gasteiger partial charge in [0.1, 0.15) is 36.0 Å². The van der Waals surface area contributed by atoms with E-state index in [0.29, 0.717) is 0 Å². The fourth-order valence-electron chi connectivity index (χ4n) is 6.06. The van der Waals surface area contributed by atoms with Gasteiger partial charge < -0.3 is 45.5 Å². The number of ketones is 2. The summed E-state index contributed by atoms with van der Waals surface area (Å²) in [7, 11) is 0. The van der Waals surface area contributed by atoms with Crippen LogP contribution in [0.4, 0.5) is 11.6 Å². The summed E-state index contributed by atoms with van der Waals surface area (Å²) in [5.74, 6) is -2.91. The van der Waals surface area contributed by atoms with Gasteiger partial charge in [-0.1, -0.05) is 12.2 Å². The second kappa shape index (κ2) is 10.9. The van der Waals surface area contributed by atoms with Crippen LogP contribution in [0.25, 0.3) is 22.3 Å². The van der Waals surface area contributed by atoms with Gasteiger partial charge in [0.05, 0.1) is 25.2 Å². The first kappa shape index (κ1) is 31.6. The standard InChI is InChI=1S/C23H23N10O12PS2/c24-14-7-16(28-3-26-14)32(21(37)30-7)18-5(1-34)10-6(41-18)2-40-46(39,48)45-11-9(35)20(44-23(47)12(36)13(23)42-10)43-19(11)33-17-8(31-22(33)38)15(25)27-4-29-17/h3-6,10-11,13,18-20,34,47H,1-2H2,(H,30,37)(H,31,38)(H,39,48)(H2,24,26,28)(H2,25,27,29)/t5?,6-,10+,11?,13?,18-,19-,20-,23?,46?/m1/s1. The van der Waals surface area contributed by atoms with Crippen LogP contribution in [0.15, 0.2) is 22.2 Å². The predicted octanol–water partition coefficient (Wildman–Crippen LogP) is -2.22. The molecule has 48 heavy (non-hydrogen) atoms. The number of Topliss-reactive ketones (excluding diaryl/α,β-unsaturated/α-hetero) is 2. The normalized spacial score (nSPS) is 36.8. The van der Waals surface area contributed by atoms with E-state index in [1.807, 2.05) is 0 Å². The van der Waals surface area contributed by atoms with Crippen molar-refractivity contribution >= 4 is 77.2 Å². The van der Waals surface area contributed by atoms with E-state index in [-0.39, 0.29) is 34.0 Å². The third-order valence-electron chi connectivity index (χ3n) is 8.39. The molecule has 4 aromatic rings. The highest BCUT2D eigenvalue weighted by Gasteiger charge is 2.70. The lowest BCUT2D eigenvalue weighted by atomic mass is 10.0. The lowest BCUT2D eigenvalue weighted by Crippen LogP contribution is -2.38. The first-order chi connectivity index (χ1) is 22.8. The fourth-order valence-corrected chi connectivity index (χ4v) is 7.78. The van der Waals surface area contributed by atoms with E-state index in [4.69, 9.17) is 39.5 Å². The summed E-state index contributed by atoms with van der Waals surface area (Å²) < 4.78 is 50.4. The van der Waals surface area contributed by atoms with Gasteiger partial charge in [0.25, 0.3) is 0 Å². The van der Waals surface area contributed by atoms with Crippen LogP contribution in [0, 0.1) is 5.92 Å². The third-order valence-corrected chi connectivity index (χ3v) is 10.5. The summed E-state index contributed by atoms with van der Waals surface area (Å²) >= 11 is 8.39. The zero-order chi connectivity index (χ0) is 33.9. The van der Waals surface area contributed by atoms with Crippen molar-refractivity contribution in [2.75, 3.05) is 24.7 Å². The average Bonchev–Trinajstić information content (AvgIpc) is 3.52. The van der Waals surface area contributed by atoms with Crippen LogP contribution >= 0.6 is 31.7 Å². The number of hydrogen-bond donors (Lipinski definition) is 7. The number of nitrogens with one attached hydrogen (secondary N) is 2. The minimum atomic E-state index is -4.55. The van der Waals surface area contributed by atoms with Crippen molar-refractivity contribution in [1.82, 2.24) is 39.0 Å². The first-order valence-electron chi connectivity index (χ1n) is 14.0. The molecule has 1 saturated carbocycles. The summed E-state index contributed by atoms with van der Waals surface area (Å²) in [4.78, 5) is 71.6. The smallest absolute Gasteiger partial charge is 0.387 e. The molecule has 0 amide bonds. The Kier molecular flexibility index (Phi) is 7.16. The lowest BCUT2D eigenvalue weighted by molar-refractivity contribution is -0.182. The number of ether oxygens (including phenoxy) is 4. The number of rotatable bonds is 3. The number of nitrogens with two attached hydrogens (primary N) is 2. The summed E-state index contributed by atoms with van der Waals surface area (Å²) in [5, 5.41) is 10.5. The number of thiol groups is 2. The maximum absolute atomic E-state index is 13.6. The maximum Gasteiger partial charge on any atom is 0.387 e. The molecule has 1 aliphatic carbocycles. The molecule has 8 rings (SSSR count). The van der Waals surface area contributed by atoms with Gasteiger partial charge in [-0.25, -0.2) is 43.2 Å². The maximum atomic E-state index is 13.6. The molecular formula is C23H23N10O12PS2. The van der Waals surface area contributed by atoms with Crippen molar-refractivity contribution in [2.24, 2.45) is 5.92 Å². The molecule has 10 atom stereocenters. The van der Waals surface area contributed by atoms with E-state index in [0.717, 1.165) is 21.8 Å². The molecule has 254 valence electrons. The van der Waals surface area contributed by atoms with Gasteiger partial charge in [-0.2, -0.15) is 0 Å². The molecule has 7 N–H and O–H groups in total.